The number of benzene rings is 2. The van der Waals surface area contributed by atoms with Crippen LogP contribution in [0.4, 0.5) is 0 Å². The van der Waals surface area contributed by atoms with Gasteiger partial charge in [0.2, 0.25) is 0 Å². The molecule has 0 aromatic heterocycles. The minimum absolute atomic E-state index is 0.306. The lowest BCUT2D eigenvalue weighted by Gasteiger charge is -2.20. The maximum absolute atomic E-state index is 12.7. The van der Waals surface area contributed by atoms with Crippen molar-refractivity contribution in [2.24, 2.45) is 5.92 Å². The Balaban J connectivity index is 1.97. The van der Waals surface area contributed by atoms with Gasteiger partial charge in [0.25, 0.3) is 11.8 Å². The van der Waals surface area contributed by atoms with E-state index in [1.165, 1.54) is 0 Å². The van der Waals surface area contributed by atoms with Crippen LogP contribution in [0.2, 0.25) is 0 Å². The van der Waals surface area contributed by atoms with Crippen molar-refractivity contribution in [2.45, 2.75) is 32.7 Å². The number of hydrogen-bond acceptors (Lipinski definition) is 3. The Labute approximate surface area is 177 Å². The molecule has 0 radical (unpaired) electrons. The molecule has 2 rings (SSSR count). The summed E-state index contributed by atoms with van der Waals surface area (Å²) < 4.78 is 0. The quantitative estimate of drug-likeness (QED) is 0.396. The van der Waals surface area contributed by atoms with Crippen LogP contribution in [0.1, 0.15) is 36.2 Å². The lowest BCUT2D eigenvalue weighted by molar-refractivity contribution is -0.123. The lowest BCUT2D eigenvalue weighted by atomic mass is 10.0. The second-order valence-corrected chi connectivity index (χ2v) is 7.54. The highest BCUT2D eigenvalue weighted by atomic mass is 32.1. The van der Waals surface area contributed by atoms with E-state index in [-0.39, 0.29) is 11.8 Å². The van der Waals surface area contributed by atoms with Crippen molar-refractivity contribution in [3.05, 3.63) is 71.8 Å². The predicted molar refractivity (Wildman–Crippen MR) is 119 cm³/mol. The SMILES string of the molecule is CC(C)CCNC(=S)NNC(=O)[C@@H](Cc1ccccc1)NC(=O)c1ccccc1. The van der Waals surface area contributed by atoms with Gasteiger partial charge in [-0.3, -0.25) is 20.4 Å². The van der Waals surface area contributed by atoms with Crippen LogP contribution >= 0.6 is 12.2 Å². The predicted octanol–water partition coefficient (Wildman–Crippen LogP) is 2.57. The lowest BCUT2D eigenvalue weighted by Crippen LogP contribution is -2.55. The summed E-state index contributed by atoms with van der Waals surface area (Å²) in [4.78, 5) is 25.3. The number of carbonyl (C=O) groups excluding carboxylic acids is 2. The normalized spacial score (nSPS) is 11.4. The van der Waals surface area contributed by atoms with E-state index >= 15 is 0 Å². The van der Waals surface area contributed by atoms with E-state index in [2.05, 4.69) is 35.3 Å². The van der Waals surface area contributed by atoms with Crippen molar-refractivity contribution in [3.8, 4) is 0 Å². The number of amides is 2. The molecule has 29 heavy (non-hydrogen) atoms. The Morgan fingerprint density at radius 1 is 0.931 bits per heavy atom. The molecule has 2 aromatic rings. The summed E-state index contributed by atoms with van der Waals surface area (Å²) in [6, 6.07) is 17.6. The van der Waals surface area contributed by atoms with Crippen molar-refractivity contribution < 1.29 is 9.59 Å². The fourth-order valence-corrected chi connectivity index (χ4v) is 2.77. The highest BCUT2D eigenvalue weighted by Crippen LogP contribution is 2.05. The van der Waals surface area contributed by atoms with Gasteiger partial charge in [-0.05, 0) is 42.3 Å². The molecule has 1 atom stereocenters. The Bertz CT molecular complexity index is 797. The zero-order chi connectivity index (χ0) is 21.1. The minimum Gasteiger partial charge on any atom is -0.361 e. The van der Waals surface area contributed by atoms with Crippen molar-refractivity contribution in [2.75, 3.05) is 6.54 Å². The molecule has 0 saturated heterocycles. The summed E-state index contributed by atoms with van der Waals surface area (Å²) >= 11 is 5.18. The summed E-state index contributed by atoms with van der Waals surface area (Å²) in [5.41, 5.74) is 6.74. The third-order valence-corrected chi connectivity index (χ3v) is 4.49. The third-order valence-electron chi connectivity index (χ3n) is 4.25. The Kier molecular flexibility index (Phi) is 9.11. The fraction of sp³-hybridized carbons (Fsp3) is 0.318. The zero-order valence-electron chi connectivity index (χ0n) is 16.8. The van der Waals surface area contributed by atoms with E-state index in [1.807, 2.05) is 36.4 Å². The molecule has 0 saturated carbocycles. The number of carbonyl (C=O) groups is 2. The van der Waals surface area contributed by atoms with Crippen LogP contribution in [-0.2, 0) is 11.2 Å². The number of hydrazine groups is 1. The van der Waals surface area contributed by atoms with Gasteiger partial charge in [0.1, 0.15) is 6.04 Å². The van der Waals surface area contributed by atoms with Gasteiger partial charge in [-0.1, -0.05) is 62.4 Å². The van der Waals surface area contributed by atoms with E-state index in [0.717, 1.165) is 18.5 Å². The summed E-state index contributed by atoms with van der Waals surface area (Å²) in [5.74, 6) is -0.117. The highest BCUT2D eigenvalue weighted by Gasteiger charge is 2.22. The zero-order valence-corrected chi connectivity index (χ0v) is 17.6. The van der Waals surface area contributed by atoms with Gasteiger partial charge in [-0.25, -0.2) is 0 Å². The van der Waals surface area contributed by atoms with Crippen LogP contribution in [0.5, 0.6) is 0 Å². The molecule has 154 valence electrons. The van der Waals surface area contributed by atoms with E-state index in [1.54, 1.807) is 24.3 Å². The molecule has 2 amide bonds. The molecule has 0 aliphatic carbocycles. The molecule has 6 nitrogen and oxygen atoms in total. The standard InChI is InChI=1S/C22H28N4O2S/c1-16(2)13-14-23-22(29)26-25-21(28)19(15-17-9-5-3-6-10-17)24-20(27)18-11-7-4-8-12-18/h3-12,16,19H,13-15H2,1-2H3,(H,24,27)(H,25,28)(H2,23,26,29)/t19-/m1/s1. The van der Waals surface area contributed by atoms with Gasteiger partial charge in [0.05, 0.1) is 0 Å². The molecule has 0 heterocycles. The van der Waals surface area contributed by atoms with Gasteiger partial charge in [-0.15, -0.1) is 0 Å². The van der Waals surface area contributed by atoms with Crippen LogP contribution in [0.25, 0.3) is 0 Å². The molecule has 7 heteroatoms. The van der Waals surface area contributed by atoms with E-state index in [4.69, 9.17) is 12.2 Å². The summed E-state index contributed by atoms with van der Waals surface area (Å²) in [6.07, 6.45) is 1.33. The number of hydrogen-bond donors (Lipinski definition) is 4. The minimum atomic E-state index is -0.754. The van der Waals surface area contributed by atoms with Crippen LogP contribution < -0.4 is 21.5 Å². The van der Waals surface area contributed by atoms with Crippen molar-refractivity contribution in [3.63, 3.8) is 0 Å². The molecule has 4 N–H and O–H groups in total. The van der Waals surface area contributed by atoms with Crippen LogP contribution in [0.15, 0.2) is 60.7 Å². The average molecular weight is 413 g/mol. The molecular weight excluding hydrogens is 384 g/mol. The summed E-state index contributed by atoms with van der Waals surface area (Å²) in [6.45, 7) is 4.98. The molecular formula is C22H28N4O2S. The van der Waals surface area contributed by atoms with Gasteiger partial charge >= 0.3 is 0 Å². The first-order valence-electron chi connectivity index (χ1n) is 9.69. The van der Waals surface area contributed by atoms with E-state index in [9.17, 15) is 9.59 Å². The molecule has 0 aliphatic rings. The fourth-order valence-electron chi connectivity index (χ4n) is 2.61. The molecule has 0 unspecified atom stereocenters. The maximum atomic E-state index is 12.7. The van der Waals surface area contributed by atoms with E-state index in [0.29, 0.717) is 23.0 Å². The molecule has 0 bridgehead atoms. The first kappa shape index (κ1) is 22.4. The monoisotopic (exact) mass is 412 g/mol. The van der Waals surface area contributed by atoms with Crippen LogP contribution in [-0.4, -0.2) is 29.5 Å². The van der Waals surface area contributed by atoms with Gasteiger partial charge in [0, 0.05) is 18.5 Å². The summed E-state index contributed by atoms with van der Waals surface area (Å²) in [5, 5.41) is 6.19. The number of nitrogens with one attached hydrogen (secondary N) is 4. The highest BCUT2D eigenvalue weighted by molar-refractivity contribution is 7.80. The Morgan fingerprint density at radius 2 is 1.55 bits per heavy atom. The second-order valence-electron chi connectivity index (χ2n) is 7.13. The maximum Gasteiger partial charge on any atom is 0.261 e. The molecule has 2 aromatic carbocycles. The van der Waals surface area contributed by atoms with Gasteiger partial charge < -0.3 is 10.6 Å². The van der Waals surface area contributed by atoms with E-state index < -0.39 is 6.04 Å². The van der Waals surface area contributed by atoms with Crippen molar-refractivity contribution in [1.82, 2.24) is 21.5 Å². The Morgan fingerprint density at radius 3 is 2.17 bits per heavy atom. The second kappa shape index (κ2) is 11.8. The topological polar surface area (TPSA) is 82.3 Å². The van der Waals surface area contributed by atoms with Gasteiger partial charge in [-0.2, -0.15) is 0 Å². The third kappa shape index (κ3) is 8.31. The summed E-state index contributed by atoms with van der Waals surface area (Å²) in [7, 11) is 0. The molecule has 0 aliphatic heterocycles. The molecule has 0 fully saturated rings. The molecule has 0 spiro atoms. The van der Waals surface area contributed by atoms with Gasteiger partial charge in [0.15, 0.2) is 5.11 Å². The van der Waals surface area contributed by atoms with Crippen LogP contribution in [0, 0.1) is 5.92 Å². The largest absolute Gasteiger partial charge is 0.361 e. The van der Waals surface area contributed by atoms with Crippen molar-refractivity contribution >= 4 is 29.1 Å². The van der Waals surface area contributed by atoms with Crippen molar-refractivity contribution in [1.29, 1.82) is 0 Å². The number of thiocarbonyl (C=S) groups is 1. The first-order valence-corrected chi connectivity index (χ1v) is 10.1. The van der Waals surface area contributed by atoms with Crippen LogP contribution in [0.3, 0.4) is 0 Å². The smallest absolute Gasteiger partial charge is 0.261 e. The first-order chi connectivity index (χ1) is 14.0. The Hall–Kier alpha value is -2.93. The average Bonchev–Trinajstić information content (AvgIpc) is 2.72. The number of rotatable bonds is 8.